The normalized spacial score (nSPS) is 17.1. The molecule has 0 atom stereocenters. The maximum absolute atomic E-state index is 12.0. The first-order valence-corrected chi connectivity index (χ1v) is 8.81. The van der Waals surface area contributed by atoms with E-state index in [-0.39, 0.29) is 11.4 Å². The Morgan fingerprint density at radius 1 is 1.35 bits per heavy atom. The molecule has 0 saturated heterocycles. The van der Waals surface area contributed by atoms with Gasteiger partial charge in [0.25, 0.3) is 0 Å². The lowest BCUT2D eigenvalue weighted by atomic mass is 9.98. The Bertz CT molecular complexity index is 461. The molecule has 1 aliphatic carbocycles. The minimum atomic E-state index is -0.130. The standard InChI is InChI=1S/C15H21BrN2OS/c16-12-5-1-2-6-13(12)20-10-7-14(19)18-15(11-17)8-3-4-9-15/h1-2,5-6H,3-4,7-11,17H2,(H,18,19). The van der Waals surface area contributed by atoms with Crippen molar-refractivity contribution in [2.45, 2.75) is 42.5 Å². The first-order chi connectivity index (χ1) is 9.65. The van der Waals surface area contributed by atoms with Crippen LogP contribution in [-0.2, 0) is 4.79 Å². The van der Waals surface area contributed by atoms with Crippen molar-refractivity contribution < 1.29 is 4.79 Å². The maximum Gasteiger partial charge on any atom is 0.221 e. The minimum Gasteiger partial charge on any atom is -0.349 e. The number of hydrogen-bond acceptors (Lipinski definition) is 3. The number of nitrogens with one attached hydrogen (secondary N) is 1. The molecular formula is C15H21BrN2OS. The Balaban J connectivity index is 1.77. The van der Waals surface area contributed by atoms with Crippen LogP contribution in [0.4, 0.5) is 0 Å². The molecule has 1 saturated carbocycles. The van der Waals surface area contributed by atoms with E-state index in [1.165, 1.54) is 17.7 Å². The molecule has 1 aromatic carbocycles. The fraction of sp³-hybridized carbons (Fsp3) is 0.533. The summed E-state index contributed by atoms with van der Waals surface area (Å²) in [6.07, 6.45) is 4.92. The molecule has 0 radical (unpaired) electrons. The van der Waals surface area contributed by atoms with Crippen LogP contribution in [0.1, 0.15) is 32.1 Å². The lowest BCUT2D eigenvalue weighted by Gasteiger charge is -2.28. The molecule has 0 aromatic heterocycles. The molecular weight excluding hydrogens is 336 g/mol. The topological polar surface area (TPSA) is 55.1 Å². The van der Waals surface area contributed by atoms with Gasteiger partial charge in [-0.05, 0) is 40.9 Å². The SMILES string of the molecule is NCC1(NC(=O)CCSc2ccccc2Br)CCCC1. The van der Waals surface area contributed by atoms with Crippen molar-refractivity contribution in [3.8, 4) is 0 Å². The van der Waals surface area contributed by atoms with Crippen molar-refractivity contribution in [1.29, 1.82) is 0 Å². The first-order valence-electron chi connectivity index (χ1n) is 7.04. The average molecular weight is 357 g/mol. The van der Waals surface area contributed by atoms with Gasteiger partial charge in [0, 0.05) is 28.1 Å². The van der Waals surface area contributed by atoms with Gasteiger partial charge < -0.3 is 11.1 Å². The van der Waals surface area contributed by atoms with E-state index < -0.39 is 0 Å². The Labute approximate surface area is 133 Å². The second kappa shape index (κ2) is 7.48. The van der Waals surface area contributed by atoms with Gasteiger partial charge in [0.05, 0.1) is 5.54 Å². The summed E-state index contributed by atoms with van der Waals surface area (Å²) < 4.78 is 1.08. The van der Waals surface area contributed by atoms with Crippen LogP contribution in [0.2, 0.25) is 0 Å². The fourth-order valence-corrected chi connectivity index (χ4v) is 4.12. The Kier molecular flexibility index (Phi) is 5.93. The number of rotatable bonds is 6. The summed E-state index contributed by atoms with van der Waals surface area (Å²) in [5.41, 5.74) is 5.70. The number of carbonyl (C=O) groups is 1. The zero-order valence-electron chi connectivity index (χ0n) is 11.5. The molecule has 0 spiro atoms. The van der Waals surface area contributed by atoms with Gasteiger partial charge in [-0.2, -0.15) is 0 Å². The predicted octanol–water partition coefficient (Wildman–Crippen LogP) is 3.32. The van der Waals surface area contributed by atoms with Gasteiger partial charge in [-0.25, -0.2) is 0 Å². The molecule has 1 fully saturated rings. The number of nitrogens with two attached hydrogens (primary N) is 1. The number of amides is 1. The average Bonchev–Trinajstić information content (AvgIpc) is 2.90. The first kappa shape index (κ1) is 15.9. The van der Waals surface area contributed by atoms with Crippen molar-refractivity contribution in [3.05, 3.63) is 28.7 Å². The largest absolute Gasteiger partial charge is 0.349 e. The second-order valence-corrected chi connectivity index (χ2v) is 7.26. The van der Waals surface area contributed by atoms with Gasteiger partial charge in [0.15, 0.2) is 0 Å². The van der Waals surface area contributed by atoms with Crippen LogP contribution in [-0.4, -0.2) is 23.7 Å². The Morgan fingerprint density at radius 2 is 2.05 bits per heavy atom. The third-order valence-corrected chi connectivity index (χ3v) is 5.81. The number of carbonyl (C=O) groups excluding carboxylic acids is 1. The summed E-state index contributed by atoms with van der Waals surface area (Å²) in [5.74, 6) is 0.909. The highest BCUT2D eigenvalue weighted by Gasteiger charge is 2.33. The predicted molar refractivity (Wildman–Crippen MR) is 87.9 cm³/mol. The highest BCUT2D eigenvalue weighted by Crippen LogP contribution is 2.29. The van der Waals surface area contributed by atoms with Crippen molar-refractivity contribution in [2.24, 2.45) is 5.73 Å². The minimum absolute atomic E-state index is 0.122. The lowest BCUT2D eigenvalue weighted by Crippen LogP contribution is -2.51. The summed E-state index contributed by atoms with van der Waals surface area (Å²) in [6.45, 7) is 0.552. The monoisotopic (exact) mass is 356 g/mol. The molecule has 2 rings (SSSR count). The molecule has 0 heterocycles. The smallest absolute Gasteiger partial charge is 0.221 e. The van der Waals surface area contributed by atoms with E-state index in [1.54, 1.807) is 11.8 Å². The van der Waals surface area contributed by atoms with E-state index in [2.05, 4.69) is 27.3 Å². The molecule has 110 valence electrons. The summed E-state index contributed by atoms with van der Waals surface area (Å²) in [5, 5.41) is 3.15. The van der Waals surface area contributed by atoms with Crippen molar-refractivity contribution >= 4 is 33.6 Å². The Hall–Kier alpha value is -0.520. The molecule has 1 aromatic rings. The zero-order valence-corrected chi connectivity index (χ0v) is 13.9. The molecule has 3 nitrogen and oxygen atoms in total. The molecule has 0 aliphatic heterocycles. The van der Waals surface area contributed by atoms with E-state index in [0.29, 0.717) is 13.0 Å². The second-order valence-electron chi connectivity index (χ2n) is 5.27. The van der Waals surface area contributed by atoms with Crippen molar-refractivity contribution in [3.63, 3.8) is 0 Å². The van der Waals surface area contributed by atoms with Gasteiger partial charge in [-0.15, -0.1) is 11.8 Å². The van der Waals surface area contributed by atoms with Crippen LogP contribution in [0.25, 0.3) is 0 Å². The van der Waals surface area contributed by atoms with E-state index in [9.17, 15) is 4.79 Å². The number of hydrogen-bond donors (Lipinski definition) is 2. The zero-order chi connectivity index (χ0) is 14.4. The highest BCUT2D eigenvalue weighted by atomic mass is 79.9. The molecule has 0 bridgehead atoms. The van der Waals surface area contributed by atoms with Gasteiger partial charge >= 0.3 is 0 Å². The third kappa shape index (κ3) is 4.24. The molecule has 1 aliphatic rings. The van der Waals surface area contributed by atoms with E-state index in [4.69, 9.17) is 5.73 Å². The Morgan fingerprint density at radius 3 is 2.70 bits per heavy atom. The van der Waals surface area contributed by atoms with Crippen LogP contribution >= 0.6 is 27.7 Å². The van der Waals surface area contributed by atoms with Crippen LogP contribution < -0.4 is 11.1 Å². The van der Waals surface area contributed by atoms with Gasteiger partial charge in [-0.1, -0.05) is 25.0 Å². The number of thioether (sulfide) groups is 1. The van der Waals surface area contributed by atoms with Crippen LogP contribution in [0, 0.1) is 0 Å². The number of halogens is 1. The van der Waals surface area contributed by atoms with Crippen molar-refractivity contribution in [2.75, 3.05) is 12.3 Å². The van der Waals surface area contributed by atoms with E-state index >= 15 is 0 Å². The van der Waals surface area contributed by atoms with Crippen LogP contribution in [0.15, 0.2) is 33.6 Å². The van der Waals surface area contributed by atoms with Crippen molar-refractivity contribution in [1.82, 2.24) is 5.32 Å². The van der Waals surface area contributed by atoms with Gasteiger partial charge in [-0.3, -0.25) is 4.79 Å². The number of benzene rings is 1. The molecule has 3 N–H and O–H groups in total. The highest BCUT2D eigenvalue weighted by molar-refractivity contribution is 9.10. The van der Waals surface area contributed by atoms with Crippen LogP contribution in [0.3, 0.4) is 0 Å². The fourth-order valence-electron chi connectivity index (χ4n) is 2.61. The third-order valence-electron chi connectivity index (χ3n) is 3.78. The van der Waals surface area contributed by atoms with E-state index in [1.807, 2.05) is 18.2 Å². The summed E-state index contributed by atoms with van der Waals surface area (Å²) in [6, 6.07) is 8.08. The molecule has 1 amide bonds. The quantitative estimate of drug-likeness (QED) is 0.768. The van der Waals surface area contributed by atoms with Crippen LogP contribution in [0.5, 0.6) is 0 Å². The molecule has 20 heavy (non-hydrogen) atoms. The molecule has 0 unspecified atom stereocenters. The summed E-state index contributed by atoms with van der Waals surface area (Å²) in [7, 11) is 0. The van der Waals surface area contributed by atoms with Gasteiger partial charge in [0.1, 0.15) is 0 Å². The summed E-state index contributed by atoms with van der Waals surface area (Å²) in [4.78, 5) is 13.2. The molecule has 5 heteroatoms. The maximum atomic E-state index is 12.0. The van der Waals surface area contributed by atoms with E-state index in [0.717, 1.165) is 23.1 Å². The lowest BCUT2D eigenvalue weighted by molar-refractivity contribution is -0.122. The van der Waals surface area contributed by atoms with Gasteiger partial charge in [0.2, 0.25) is 5.91 Å². The summed E-state index contributed by atoms with van der Waals surface area (Å²) >= 11 is 5.22.